The van der Waals surface area contributed by atoms with Crippen LogP contribution in [0.3, 0.4) is 0 Å². The minimum absolute atomic E-state index is 0.131. The number of rotatable bonds is 2. The predicted octanol–water partition coefficient (Wildman–Crippen LogP) is 5.86. The van der Waals surface area contributed by atoms with Crippen molar-refractivity contribution in [3.8, 4) is 0 Å². The Morgan fingerprint density at radius 1 is 1.20 bits per heavy atom. The molecule has 0 aliphatic rings. The van der Waals surface area contributed by atoms with E-state index in [0.29, 0.717) is 20.2 Å². The van der Waals surface area contributed by atoms with Crippen molar-refractivity contribution in [2.24, 2.45) is 0 Å². The Balaban J connectivity index is 2.35. The van der Waals surface area contributed by atoms with Crippen LogP contribution in [0.25, 0.3) is 0 Å². The third-order valence-electron chi connectivity index (χ3n) is 2.42. The van der Waals surface area contributed by atoms with Gasteiger partial charge >= 0.3 is 0 Å². The molecular weight excluding hydrogens is 527 g/mol. The molecule has 1 amide bonds. The maximum atomic E-state index is 13.2. The topological polar surface area (TPSA) is 29.1 Å². The molecule has 2 aromatic rings. The van der Waals surface area contributed by atoms with Crippen LogP contribution in [0.2, 0.25) is 5.02 Å². The van der Waals surface area contributed by atoms with Crippen LogP contribution >= 0.6 is 66.1 Å². The second-order valence-electron chi connectivity index (χ2n) is 3.82. The second-order valence-corrected chi connectivity index (χ2v) is 7.18. The fourth-order valence-electron chi connectivity index (χ4n) is 1.51. The van der Waals surface area contributed by atoms with Gasteiger partial charge in [0.15, 0.2) is 0 Å². The lowest BCUT2D eigenvalue weighted by Gasteiger charge is -2.11. The third kappa shape index (κ3) is 3.72. The average Bonchev–Trinajstić information content (AvgIpc) is 2.36. The van der Waals surface area contributed by atoms with Crippen molar-refractivity contribution in [2.45, 2.75) is 0 Å². The Labute approximate surface area is 150 Å². The smallest absolute Gasteiger partial charge is 0.256 e. The summed E-state index contributed by atoms with van der Waals surface area (Å²) in [6.07, 6.45) is 0. The summed E-state index contributed by atoms with van der Waals surface area (Å²) in [5, 5.41) is 2.80. The Morgan fingerprint density at radius 3 is 2.55 bits per heavy atom. The number of halogens is 5. The zero-order valence-electron chi connectivity index (χ0n) is 9.68. The number of carbonyl (C=O) groups is 1. The van der Waals surface area contributed by atoms with Gasteiger partial charge < -0.3 is 5.32 Å². The monoisotopic (exact) mass is 531 g/mol. The van der Waals surface area contributed by atoms with Gasteiger partial charge in [-0.25, -0.2) is 4.39 Å². The van der Waals surface area contributed by atoms with Gasteiger partial charge in [0, 0.05) is 12.5 Å². The highest BCUT2D eigenvalue weighted by atomic mass is 127. The third-order valence-corrected chi connectivity index (χ3v) is 4.70. The summed E-state index contributed by atoms with van der Waals surface area (Å²) in [4.78, 5) is 12.3. The molecule has 0 radical (unpaired) electrons. The summed E-state index contributed by atoms with van der Waals surface area (Å²) < 4.78 is 15.1. The van der Waals surface area contributed by atoms with Crippen LogP contribution in [-0.4, -0.2) is 5.91 Å². The molecule has 1 N–H and O–H groups in total. The van der Waals surface area contributed by atoms with E-state index in [-0.39, 0.29) is 10.9 Å². The predicted molar refractivity (Wildman–Crippen MR) is 93.9 cm³/mol. The average molecular weight is 533 g/mol. The van der Waals surface area contributed by atoms with E-state index < -0.39 is 5.82 Å². The molecule has 0 aromatic heterocycles. The van der Waals surface area contributed by atoms with E-state index in [2.05, 4.69) is 59.8 Å². The van der Waals surface area contributed by atoms with Crippen LogP contribution < -0.4 is 5.32 Å². The number of hydrogen-bond donors (Lipinski definition) is 1. The largest absolute Gasteiger partial charge is 0.320 e. The lowest BCUT2D eigenvalue weighted by molar-refractivity contribution is 0.102. The van der Waals surface area contributed by atoms with Gasteiger partial charge in [-0.15, -0.1) is 0 Å². The van der Waals surface area contributed by atoms with E-state index in [9.17, 15) is 9.18 Å². The van der Waals surface area contributed by atoms with E-state index in [0.717, 1.165) is 9.64 Å². The molecule has 0 atom stereocenters. The van der Waals surface area contributed by atoms with Crippen LogP contribution in [0.1, 0.15) is 10.4 Å². The number of amides is 1. The van der Waals surface area contributed by atoms with Crippen molar-refractivity contribution >= 4 is 77.6 Å². The van der Waals surface area contributed by atoms with Crippen molar-refractivity contribution < 1.29 is 9.18 Å². The Bertz CT molecular complexity index is 673. The number of nitrogens with one attached hydrogen (secondary N) is 1. The fourth-order valence-corrected chi connectivity index (χ4v) is 3.33. The van der Waals surface area contributed by atoms with Crippen LogP contribution in [-0.2, 0) is 0 Å². The van der Waals surface area contributed by atoms with Crippen LogP contribution in [0.15, 0.2) is 39.3 Å². The Morgan fingerprint density at radius 2 is 1.90 bits per heavy atom. The highest BCUT2D eigenvalue weighted by Crippen LogP contribution is 2.32. The summed E-state index contributed by atoms with van der Waals surface area (Å²) in [7, 11) is 0. The molecule has 0 aliphatic carbocycles. The van der Waals surface area contributed by atoms with Crippen molar-refractivity contribution in [1.82, 2.24) is 0 Å². The highest BCUT2D eigenvalue weighted by Gasteiger charge is 2.15. The van der Waals surface area contributed by atoms with Crippen molar-refractivity contribution in [3.05, 3.63) is 59.3 Å². The molecule has 0 aliphatic heterocycles. The summed E-state index contributed by atoms with van der Waals surface area (Å²) in [5.74, 6) is -0.806. The molecule has 0 spiro atoms. The number of carbonyl (C=O) groups excluding carboxylic acids is 1. The van der Waals surface area contributed by atoms with Crippen LogP contribution in [0.5, 0.6) is 0 Å². The SMILES string of the molecule is O=C(Nc1c(Cl)cc(F)cc1Br)c1cc(I)ccc1Br. The van der Waals surface area contributed by atoms with E-state index >= 15 is 0 Å². The van der Waals surface area contributed by atoms with Gasteiger partial charge in [0.25, 0.3) is 5.91 Å². The molecule has 0 heterocycles. The van der Waals surface area contributed by atoms with Gasteiger partial charge in [0.1, 0.15) is 5.82 Å². The Hall–Kier alpha value is -0.180. The lowest BCUT2D eigenvalue weighted by Crippen LogP contribution is -2.13. The minimum Gasteiger partial charge on any atom is -0.320 e. The number of anilines is 1. The first-order valence-corrected chi connectivity index (χ1v) is 8.33. The summed E-state index contributed by atoms with van der Waals surface area (Å²) in [6, 6.07) is 7.79. The van der Waals surface area contributed by atoms with E-state index in [4.69, 9.17) is 11.6 Å². The van der Waals surface area contributed by atoms with Gasteiger partial charge in [-0.05, 0) is 84.8 Å². The highest BCUT2D eigenvalue weighted by molar-refractivity contribution is 14.1. The summed E-state index contributed by atoms with van der Waals surface area (Å²) in [6.45, 7) is 0. The van der Waals surface area contributed by atoms with Crippen molar-refractivity contribution in [2.75, 3.05) is 5.32 Å². The maximum absolute atomic E-state index is 13.2. The van der Waals surface area contributed by atoms with Crippen molar-refractivity contribution in [3.63, 3.8) is 0 Å². The number of benzene rings is 2. The first-order valence-electron chi connectivity index (χ1n) is 5.29. The molecule has 104 valence electrons. The van der Waals surface area contributed by atoms with Crippen LogP contribution in [0.4, 0.5) is 10.1 Å². The molecule has 2 aromatic carbocycles. The quantitative estimate of drug-likeness (QED) is 0.482. The van der Waals surface area contributed by atoms with Gasteiger partial charge in [-0.3, -0.25) is 4.79 Å². The second kappa shape index (κ2) is 6.72. The molecule has 2 rings (SSSR count). The van der Waals surface area contributed by atoms with E-state index in [1.165, 1.54) is 6.07 Å². The molecule has 0 saturated carbocycles. The standard InChI is InChI=1S/C13H6Br2ClFINO/c14-9-2-1-7(18)5-8(9)13(20)19-12-10(15)3-6(17)4-11(12)16/h1-5H,(H,19,20). The Kier molecular flexibility index (Phi) is 5.44. The normalized spacial score (nSPS) is 10.4. The molecule has 0 bridgehead atoms. The first-order chi connectivity index (χ1) is 9.38. The maximum Gasteiger partial charge on any atom is 0.256 e. The van der Waals surface area contributed by atoms with Gasteiger partial charge in [0.2, 0.25) is 0 Å². The molecular formula is C13H6Br2ClFINO. The van der Waals surface area contributed by atoms with Gasteiger partial charge in [0.05, 0.1) is 16.3 Å². The van der Waals surface area contributed by atoms with Crippen LogP contribution in [0, 0.1) is 9.39 Å². The molecule has 2 nitrogen and oxygen atoms in total. The molecule has 20 heavy (non-hydrogen) atoms. The molecule has 0 unspecified atom stereocenters. The fraction of sp³-hybridized carbons (Fsp3) is 0. The molecule has 7 heteroatoms. The first kappa shape index (κ1) is 16.2. The van der Waals surface area contributed by atoms with E-state index in [1.807, 2.05) is 6.07 Å². The molecule has 0 saturated heterocycles. The van der Waals surface area contributed by atoms with Crippen molar-refractivity contribution in [1.29, 1.82) is 0 Å². The van der Waals surface area contributed by atoms with Gasteiger partial charge in [-0.1, -0.05) is 11.6 Å². The minimum atomic E-state index is -0.477. The van der Waals surface area contributed by atoms with E-state index in [1.54, 1.807) is 12.1 Å². The zero-order chi connectivity index (χ0) is 14.9. The lowest BCUT2D eigenvalue weighted by atomic mass is 10.2. The summed E-state index contributed by atoms with van der Waals surface area (Å²) in [5.41, 5.74) is 0.813. The van der Waals surface area contributed by atoms with Gasteiger partial charge in [-0.2, -0.15) is 0 Å². The summed E-state index contributed by atoms with van der Waals surface area (Å²) >= 11 is 14.6. The zero-order valence-corrected chi connectivity index (χ0v) is 15.8. The number of hydrogen-bond acceptors (Lipinski definition) is 1. The molecule has 0 fully saturated rings.